The minimum absolute atomic E-state index is 0.0256. The maximum atomic E-state index is 11.5. The Balaban J connectivity index is 2.61. The van der Waals surface area contributed by atoms with Gasteiger partial charge in [0, 0.05) is 18.7 Å². The number of hydrogen-bond donors (Lipinski definition) is 2. The number of carbonyl (C=O) groups is 2. The van der Waals surface area contributed by atoms with E-state index in [1.165, 1.54) is 7.11 Å². The maximum Gasteiger partial charge on any atom is 0.341 e. The Bertz CT molecular complexity index is 448. The van der Waals surface area contributed by atoms with E-state index in [2.05, 4.69) is 15.0 Å². The molecule has 0 amide bonds. The van der Waals surface area contributed by atoms with Crippen LogP contribution in [-0.2, 0) is 9.53 Å². The Morgan fingerprint density at radius 2 is 2.26 bits per heavy atom. The molecule has 2 N–H and O–H groups in total. The summed E-state index contributed by atoms with van der Waals surface area (Å²) in [6.07, 6.45) is 2.98. The molecule has 1 unspecified atom stereocenters. The first-order valence-electron chi connectivity index (χ1n) is 6.06. The van der Waals surface area contributed by atoms with Crippen molar-refractivity contribution in [3.63, 3.8) is 0 Å². The summed E-state index contributed by atoms with van der Waals surface area (Å²) in [7, 11) is 1.31. The lowest BCUT2D eigenvalue weighted by atomic mass is 10.1. The molecule has 19 heavy (non-hydrogen) atoms. The topological polar surface area (TPSA) is 88.5 Å². The van der Waals surface area contributed by atoms with E-state index >= 15 is 0 Å². The van der Waals surface area contributed by atoms with E-state index in [9.17, 15) is 9.59 Å². The Labute approximate surface area is 111 Å². The molecule has 1 atom stereocenters. The second-order valence-corrected chi connectivity index (χ2v) is 4.22. The number of carboxylic acids is 1. The lowest BCUT2D eigenvalue weighted by molar-refractivity contribution is -0.137. The van der Waals surface area contributed by atoms with Gasteiger partial charge >= 0.3 is 11.9 Å². The van der Waals surface area contributed by atoms with E-state index < -0.39 is 11.9 Å². The zero-order chi connectivity index (χ0) is 14.3. The number of hydrogen-bond acceptors (Lipinski definition) is 5. The van der Waals surface area contributed by atoms with E-state index in [1.54, 1.807) is 18.3 Å². The van der Waals surface area contributed by atoms with Gasteiger partial charge in [-0.25, -0.2) is 9.78 Å². The van der Waals surface area contributed by atoms with Gasteiger partial charge in [-0.15, -0.1) is 0 Å². The third-order valence-electron chi connectivity index (χ3n) is 2.62. The Morgan fingerprint density at radius 3 is 2.89 bits per heavy atom. The van der Waals surface area contributed by atoms with Crippen LogP contribution in [0.25, 0.3) is 0 Å². The number of ether oxygens (including phenoxy) is 1. The summed E-state index contributed by atoms with van der Waals surface area (Å²) in [5.41, 5.74) is 0.370. The predicted octanol–water partition coefficient (Wildman–Crippen LogP) is 1.92. The Kier molecular flexibility index (Phi) is 5.78. The fourth-order valence-electron chi connectivity index (χ4n) is 1.66. The van der Waals surface area contributed by atoms with E-state index in [-0.39, 0.29) is 12.5 Å². The van der Waals surface area contributed by atoms with E-state index in [0.29, 0.717) is 24.2 Å². The van der Waals surface area contributed by atoms with Crippen molar-refractivity contribution >= 4 is 17.8 Å². The van der Waals surface area contributed by atoms with Gasteiger partial charge in [0.1, 0.15) is 11.4 Å². The number of aliphatic carboxylic acids is 1. The monoisotopic (exact) mass is 266 g/mol. The average molecular weight is 266 g/mol. The van der Waals surface area contributed by atoms with E-state index in [1.807, 2.05) is 6.92 Å². The standard InChI is InChI=1S/C13H18N2O4/c1-9(5-3-7-11(16)17)15-12-10(13(18)19-2)6-4-8-14-12/h4,6,8-9H,3,5,7H2,1-2H3,(H,14,15)(H,16,17). The van der Waals surface area contributed by atoms with Crippen molar-refractivity contribution in [1.82, 2.24) is 4.98 Å². The number of aromatic nitrogens is 1. The van der Waals surface area contributed by atoms with Gasteiger partial charge in [-0.1, -0.05) is 0 Å². The zero-order valence-electron chi connectivity index (χ0n) is 11.0. The zero-order valence-corrected chi connectivity index (χ0v) is 11.0. The summed E-state index contributed by atoms with van der Waals surface area (Å²) >= 11 is 0. The van der Waals surface area contributed by atoms with Crippen LogP contribution < -0.4 is 5.32 Å². The largest absolute Gasteiger partial charge is 0.481 e. The molecular formula is C13H18N2O4. The van der Waals surface area contributed by atoms with Crippen LogP contribution in [0.2, 0.25) is 0 Å². The SMILES string of the molecule is COC(=O)c1cccnc1NC(C)CCCC(=O)O. The fourth-order valence-corrected chi connectivity index (χ4v) is 1.66. The molecule has 0 bridgehead atoms. The Hall–Kier alpha value is -2.11. The smallest absolute Gasteiger partial charge is 0.341 e. The van der Waals surface area contributed by atoms with Gasteiger partial charge in [-0.2, -0.15) is 0 Å². The molecular weight excluding hydrogens is 248 g/mol. The van der Waals surface area contributed by atoms with Crippen molar-refractivity contribution in [3.8, 4) is 0 Å². The first kappa shape index (κ1) is 14.9. The molecule has 6 heteroatoms. The summed E-state index contributed by atoms with van der Waals surface area (Å²) in [6.45, 7) is 1.91. The number of rotatable bonds is 7. The second-order valence-electron chi connectivity index (χ2n) is 4.22. The molecule has 0 radical (unpaired) electrons. The van der Waals surface area contributed by atoms with Gasteiger partial charge in [-0.05, 0) is 31.9 Å². The highest BCUT2D eigenvalue weighted by molar-refractivity contribution is 5.94. The summed E-state index contributed by atoms with van der Waals surface area (Å²) in [4.78, 5) is 26.1. The summed E-state index contributed by atoms with van der Waals surface area (Å²) in [5, 5.41) is 11.7. The lowest BCUT2D eigenvalue weighted by Crippen LogP contribution is -2.19. The van der Waals surface area contributed by atoms with Crippen LogP contribution in [0.5, 0.6) is 0 Å². The number of carbonyl (C=O) groups excluding carboxylic acids is 1. The van der Waals surface area contributed by atoms with Crippen molar-refractivity contribution < 1.29 is 19.4 Å². The van der Waals surface area contributed by atoms with Crippen molar-refractivity contribution in [2.24, 2.45) is 0 Å². The molecule has 0 aliphatic rings. The minimum atomic E-state index is -0.805. The van der Waals surface area contributed by atoms with Crippen LogP contribution in [0.3, 0.4) is 0 Å². The third-order valence-corrected chi connectivity index (χ3v) is 2.62. The molecule has 0 spiro atoms. The second kappa shape index (κ2) is 7.35. The van der Waals surface area contributed by atoms with Crippen LogP contribution in [0.4, 0.5) is 5.82 Å². The van der Waals surface area contributed by atoms with E-state index in [0.717, 1.165) is 0 Å². The predicted molar refractivity (Wildman–Crippen MR) is 70.1 cm³/mol. The van der Waals surface area contributed by atoms with Crippen LogP contribution in [0.15, 0.2) is 18.3 Å². The number of methoxy groups -OCH3 is 1. The summed E-state index contributed by atoms with van der Waals surface area (Å²) in [5.74, 6) is -0.800. The average Bonchev–Trinajstić information content (AvgIpc) is 2.38. The molecule has 6 nitrogen and oxygen atoms in total. The van der Waals surface area contributed by atoms with Gasteiger partial charge < -0.3 is 15.2 Å². The molecule has 0 fully saturated rings. The van der Waals surface area contributed by atoms with Crippen molar-refractivity contribution in [1.29, 1.82) is 0 Å². The molecule has 0 saturated heterocycles. The molecule has 0 aliphatic carbocycles. The van der Waals surface area contributed by atoms with E-state index in [4.69, 9.17) is 5.11 Å². The van der Waals surface area contributed by atoms with Gasteiger partial charge in [0.05, 0.1) is 7.11 Å². The van der Waals surface area contributed by atoms with Crippen molar-refractivity contribution in [2.75, 3.05) is 12.4 Å². The first-order valence-corrected chi connectivity index (χ1v) is 6.06. The molecule has 1 heterocycles. The maximum absolute atomic E-state index is 11.5. The fraction of sp³-hybridized carbons (Fsp3) is 0.462. The summed E-state index contributed by atoms with van der Waals surface area (Å²) in [6, 6.07) is 3.31. The van der Waals surface area contributed by atoms with Crippen LogP contribution in [0.1, 0.15) is 36.5 Å². The third kappa shape index (κ3) is 4.95. The molecule has 104 valence electrons. The van der Waals surface area contributed by atoms with Gasteiger partial charge in [-0.3, -0.25) is 4.79 Å². The normalized spacial score (nSPS) is 11.7. The van der Waals surface area contributed by atoms with Crippen molar-refractivity contribution in [2.45, 2.75) is 32.2 Å². The highest BCUT2D eigenvalue weighted by atomic mass is 16.5. The molecule has 0 aliphatic heterocycles. The molecule has 1 rings (SSSR count). The van der Waals surface area contributed by atoms with Crippen LogP contribution in [0, 0.1) is 0 Å². The number of esters is 1. The van der Waals surface area contributed by atoms with Crippen LogP contribution >= 0.6 is 0 Å². The molecule has 1 aromatic heterocycles. The number of carboxylic acid groups (broad SMARTS) is 1. The number of anilines is 1. The first-order chi connectivity index (χ1) is 9.04. The molecule has 1 aromatic rings. The van der Waals surface area contributed by atoms with Crippen LogP contribution in [-0.4, -0.2) is 35.2 Å². The van der Waals surface area contributed by atoms with Gasteiger partial charge in [0.2, 0.25) is 0 Å². The highest BCUT2D eigenvalue weighted by Crippen LogP contribution is 2.15. The Morgan fingerprint density at radius 1 is 1.53 bits per heavy atom. The lowest BCUT2D eigenvalue weighted by Gasteiger charge is -2.15. The molecule has 0 saturated carbocycles. The highest BCUT2D eigenvalue weighted by Gasteiger charge is 2.14. The quantitative estimate of drug-likeness (QED) is 0.733. The minimum Gasteiger partial charge on any atom is -0.481 e. The van der Waals surface area contributed by atoms with Gasteiger partial charge in [0.15, 0.2) is 0 Å². The number of pyridine rings is 1. The van der Waals surface area contributed by atoms with Crippen molar-refractivity contribution in [3.05, 3.63) is 23.9 Å². The summed E-state index contributed by atoms with van der Waals surface area (Å²) < 4.78 is 4.67. The van der Waals surface area contributed by atoms with Gasteiger partial charge in [0.25, 0.3) is 0 Å². The number of nitrogens with one attached hydrogen (secondary N) is 1. The molecule has 0 aromatic carbocycles. The number of nitrogens with zero attached hydrogens (tertiary/aromatic N) is 1.